The van der Waals surface area contributed by atoms with E-state index in [1.54, 1.807) is 6.07 Å². The third-order valence-electron chi connectivity index (χ3n) is 2.82. The highest BCUT2D eigenvalue weighted by Crippen LogP contribution is 2.25. The van der Waals surface area contributed by atoms with Crippen LogP contribution in [0.4, 0.5) is 0 Å². The van der Waals surface area contributed by atoms with Gasteiger partial charge in [0.15, 0.2) is 0 Å². The molecule has 0 aliphatic carbocycles. The van der Waals surface area contributed by atoms with E-state index < -0.39 is 10.0 Å². The SMILES string of the molecule is O=S(=O)(N[C@H]1CCCNC1)c1ccc(Cl)c(Br)c1. The topological polar surface area (TPSA) is 58.2 Å². The Hall–Kier alpha value is -0.140. The second kappa shape index (κ2) is 5.88. The van der Waals surface area contributed by atoms with E-state index in [0.717, 1.165) is 19.4 Å². The van der Waals surface area contributed by atoms with Crippen LogP contribution in [0, 0.1) is 0 Å². The van der Waals surface area contributed by atoms with Gasteiger partial charge in [-0.2, -0.15) is 0 Å². The molecule has 1 fully saturated rings. The van der Waals surface area contributed by atoms with E-state index in [1.807, 2.05) is 0 Å². The molecule has 0 bridgehead atoms. The van der Waals surface area contributed by atoms with Crippen LogP contribution in [-0.4, -0.2) is 27.5 Å². The largest absolute Gasteiger partial charge is 0.315 e. The third kappa shape index (κ3) is 3.45. The monoisotopic (exact) mass is 352 g/mol. The summed E-state index contributed by atoms with van der Waals surface area (Å²) in [5, 5.41) is 3.67. The van der Waals surface area contributed by atoms with Crippen molar-refractivity contribution in [2.24, 2.45) is 0 Å². The Labute approximate surface area is 120 Å². The van der Waals surface area contributed by atoms with Gasteiger partial charge >= 0.3 is 0 Å². The highest BCUT2D eigenvalue weighted by atomic mass is 79.9. The summed E-state index contributed by atoms with van der Waals surface area (Å²) in [5.41, 5.74) is 0. The summed E-state index contributed by atoms with van der Waals surface area (Å²) in [7, 11) is -3.48. The van der Waals surface area contributed by atoms with Crippen molar-refractivity contribution in [2.45, 2.75) is 23.8 Å². The maximum Gasteiger partial charge on any atom is 0.240 e. The quantitative estimate of drug-likeness (QED) is 0.875. The van der Waals surface area contributed by atoms with Crippen molar-refractivity contribution in [3.63, 3.8) is 0 Å². The molecule has 0 unspecified atom stereocenters. The van der Waals surface area contributed by atoms with E-state index in [-0.39, 0.29) is 10.9 Å². The summed E-state index contributed by atoms with van der Waals surface area (Å²) in [4.78, 5) is 0.226. The summed E-state index contributed by atoms with van der Waals surface area (Å²) < 4.78 is 27.6. The molecule has 1 aliphatic heterocycles. The number of hydrogen-bond acceptors (Lipinski definition) is 3. The van der Waals surface area contributed by atoms with Gasteiger partial charge in [0, 0.05) is 17.1 Å². The molecule has 7 heteroatoms. The van der Waals surface area contributed by atoms with Gasteiger partial charge in [0.05, 0.1) is 9.92 Å². The van der Waals surface area contributed by atoms with Crippen molar-refractivity contribution in [1.29, 1.82) is 0 Å². The van der Waals surface area contributed by atoms with E-state index in [2.05, 4.69) is 26.0 Å². The first-order valence-electron chi connectivity index (χ1n) is 5.67. The van der Waals surface area contributed by atoms with Crippen molar-refractivity contribution >= 4 is 37.6 Å². The molecule has 4 nitrogen and oxygen atoms in total. The van der Waals surface area contributed by atoms with Gasteiger partial charge in [-0.15, -0.1) is 0 Å². The highest BCUT2D eigenvalue weighted by molar-refractivity contribution is 9.10. The lowest BCUT2D eigenvalue weighted by atomic mass is 10.1. The minimum absolute atomic E-state index is 0.0433. The van der Waals surface area contributed by atoms with Crippen LogP contribution in [-0.2, 0) is 10.0 Å². The predicted molar refractivity (Wildman–Crippen MR) is 75.4 cm³/mol. The minimum Gasteiger partial charge on any atom is -0.315 e. The van der Waals surface area contributed by atoms with E-state index >= 15 is 0 Å². The lowest BCUT2D eigenvalue weighted by molar-refractivity contribution is 0.428. The third-order valence-corrected chi connectivity index (χ3v) is 5.55. The number of piperidine rings is 1. The van der Waals surface area contributed by atoms with E-state index in [1.165, 1.54) is 12.1 Å². The molecule has 100 valence electrons. The van der Waals surface area contributed by atoms with Crippen molar-refractivity contribution in [2.75, 3.05) is 13.1 Å². The van der Waals surface area contributed by atoms with Crippen LogP contribution in [0.3, 0.4) is 0 Å². The molecule has 1 aromatic rings. The maximum absolute atomic E-state index is 12.2. The molecule has 1 saturated heterocycles. The van der Waals surface area contributed by atoms with Gasteiger partial charge in [0.25, 0.3) is 0 Å². The van der Waals surface area contributed by atoms with Gasteiger partial charge in [-0.1, -0.05) is 11.6 Å². The Morgan fingerprint density at radius 3 is 2.83 bits per heavy atom. The van der Waals surface area contributed by atoms with Crippen LogP contribution < -0.4 is 10.0 Å². The van der Waals surface area contributed by atoms with Gasteiger partial charge in [-0.25, -0.2) is 13.1 Å². The molecule has 0 radical (unpaired) electrons. The molecule has 1 aliphatic rings. The normalized spacial score (nSPS) is 20.9. The molecular formula is C11H14BrClN2O2S. The Morgan fingerprint density at radius 1 is 1.44 bits per heavy atom. The van der Waals surface area contributed by atoms with Crippen LogP contribution in [0.1, 0.15) is 12.8 Å². The zero-order valence-corrected chi connectivity index (χ0v) is 12.8. The lowest BCUT2D eigenvalue weighted by Gasteiger charge is -2.23. The molecule has 1 heterocycles. The molecule has 1 aromatic carbocycles. The zero-order valence-electron chi connectivity index (χ0n) is 9.62. The summed E-state index contributed by atoms with van der Waals surface area (Å²) in [5.74, 6) is 0. The molecule has 2 rings (SSSR count). The second-order valence-electron chi connectivity index (χ2n) is 4.24. The number of benzene rings is 1. The van der Waals surface area contributed by atoms with Crippen molar-refractivity contribution in [3.8, 4) is 0 Å². The molecule has 0 aromatic heterocycles. The maximum atomic E-state index is 12.2. The van der Waals surface area contributed by atoms with Gasteiger partial charge in [0.1, 0.15) is 0 Å². The highest BCUT2D eigenvalue weighted by Gasteiger charge is 2.22. The molecule has 0 spiro atoms. The summed E-state index contributed by atoms with van der Waals surface area (Å²) in [6.45, 7) is 1.62. The fourth-order valence-electron chi connectivity index (χ4n) is 1.88. The van der Waals surface area contributed by atoms with Crippen LogP contribution in [0.2, 0.25) is 5.02 Å². The average Bonchev–Trinajstić information content (AvgIpc) is 2.33. The van der Waals surface area contributed by atoms with Crippen molar-refractivity contribution < 1.29 is 8.42 Å². The Balaban J connectivity index is 2.16. The number of halogens is 2. The molecule has 0 amide bonds. The second-order valence-corrected chi connectivity index (χ2v) is 7.22. The summed E-state index contributed by atoms with van der Waals surface area (Å²) >= 11 is 9.08. The molecule has 0 saturated carbocycles. The van der Waals surface area contributed by atoms with Crippen molar-refractivity contribution in [1.82, 2.24) is 10.0 Å². The average molecular weight is 354 g/mol. The molecule has 1 atom stereocenters. The van der Waals surface area contributed by atoms with Gasteiger partial charge in [0.2, 0.25) is 10.0 Å². The van der Waals surface area contributed by atoms with Crippen molar-refractivity contribution in [3.05, 3.63) is 27.7 Å². The Kier molecular flexibility index (Phi) is 4.66. The first kappa shape index (κ1) is 14.3. The number of nitrogens with one attached hydrogen (secondary N) is 2. The summed E-state index contributed by atoms with van der Waals surface area (Å²) in [6, 6.07) is 4.55. The number of rotatable bonds is 3. The number of sulfonamides is 1. The van der Waals surface area contributed by atoms with Crippen LogP contribution in [0.25, 0.3) is 0 Å². The van der Waals surface area contributed by atoms with E-state index in [4.69, 9.17) is 11.6 Å². The predicted octanol–water partition coefficient (Wildman–Crippen LogP) is 2.13. The van der Waals surface area contributed by atoms with E-state index in [0.29, 0.717) is 16.0 Å². The van der Waals surface area contributed by atoms with E-state index in [9.17, 15) is 8.42 Å². The van der Waals surface area contributed by atoms with Gasteiger partial charge < -0.3 is 5.32 Å². The molecule has 18 heavy (non-hydrogen) atoms. The first-order valence-corrected chi connectivity index (χ1v) is 8.32. The molecule has 2 N–H and O–H groups in total. The minimum atomic E-state index is -3.48. The fourth-order valence-corrected chi connectivity index (χ4v) is 3.83. The van der Waals surface area contributed by atoms with Gasteiger partial charge in [-0.05, 0) is 53.5 Å². The van der Waals surface area contributed by atoms with Crippen LogP contribution >= 0.6 is 27.5 Å². The van der Waals surface area contributed by atoms with Crippen LogP contribution in [0.5, 0.6) is 0 Å². The zero-order chi connectivity index (χ0) is 13.2. The number of hydrogen-bond donors (Lipinski definition) is 2. The summed E-state index contributed by atoms with van der Waals surface area (Å²) in [6.07, 6.45) is 1.85. The smallest absolute Gasteiger partial charge is 0.240 e. The Bertz CT molecular complexity index is 530. The Morgan fingerprint density at radius 2 is 2.22 bits per heavy atom. The van der Waals surface area contributed by atoms with Gasteiger partial charge in [-0.3, -0.25) is 0 Å². The first-order chi connectivity index (χ1) is 8.49. The van der Waals surface area contributed by atoms with Crippen LogP contribution in [0.15, 0.2) is 27.6 Å². The fraction of sp³-hybridized carbons (Fsp3) is 0.455. The lowest BCUT2D eigenvalue weighted by Crippen LogP contribution is -2.45. The molecular weight excluding hydrogens is 340 g/mol. The standard InChI is InChI=1S/C11H14BrClN2O2S/c12-10-6-9(3-4-11(10)13)18(16,17)15-8-2-1-5-14-7-8/h3-4,6,8,14-15H,1-2,5,7H2/t8-/m0/s1.